The second kappa shape index (κ2) is 8.49. The second-order valence-corrected chi connectivity index (χ2v) is 6.80. The monoisotopic (exact) mass is 376 g/mol. The van der Waals surface area contributed by atoms with Gasteiger partial charge in [-0.2, -0.15) is 5.26 Å². The van der Waals surface area contributed by atoms with E-state index in [2.05, 4.69) is 11.4 Å². The summed E-state index contributed by atoms with van der Waals surface area (Å²) in [7, 11) is 0. The number of nitrogens with one attached hydrogen (secondary N) is 1. The summed E-state index contributed by atoms with van der Waals surface area (Å²) in [5.41, 5.74) is 0.418. The lowest BCUT2D eigenvalue weighted by Gasteiger charge is -2.21. The lowest BCUT2D eigenvalue weighted by molar-refractivity contribution is -0.125. The van der Waals surface area contributed by atoms with Crippen LogP contribution in [0.2, 0.25) is 0 Å². The van der Waals surface area contributed by atoms with E-state index in [4.69, 9.17) is 4.74 Å². The Morgan fingerprint density at radius 1 is 0.929 bits per heavy atom. The van der Waals surface area contributed by atoms with Gasteiger partial charge < -0.3 is 10.1 Å². The Kier molecular flexibility index (Phi) is 5.85. The molecule has 1 aliphatic rings. The van der Waals surface area contributed by atoms with Crippen molar-refractivity contribution in [3.05, 3.63) is 71.3 Å². The number of rotatable bonds is 6. The van der Waals surface area contributed by atoms with Crippen molar-refractivity contribution in [2.75, 3.05) is 6.61 Å². The Bertz CT molecular complexity index is 908. The molecule has 0 spiro atoms. The van der Waals surface area contributed by atoms with Crippen molar-refractivity contribution in [3.8, 4) is 6.07 Å². The molecule has 1 N–H and O–H groups in total. The first kappa shape index (κ1) is 19.3. The number of esters is 1. The standard InChI is InChI=1S/C22H20N2O4/c23-15-22(12-4-5-13-22)24-19(25)14-28-21(27)18-10-8-17(9-11-18)20(26)16-6-2-1-3-7-16/h1-3,6-11H,4-5,12-14H2,(H,24,25). The number of ether oxygens (including phenoxy) is 1. The van der Waals surface area contributed by atoms with Crippen LogP contribution in [0.5, 0.6) is 0 Å². The predicted molar refractivity (Wildman–Crippen MR) is 102 cm³/mol. The predicted octanol–water partition coefficient (Wildman–Crippen LogP) is 3.03. The number of hydrogen-bond donors (Lipinski definition) is 1. The van der Waals surface area contributed by atoms with Crippen LogP contribution in [0.25, 0.3) is 0 Å². The molecular weight excluding hydrogens is 356 g/mol. The average molecular weight is 376 g/mol. The van der Waals surface area contributed by atoms with E-state index in [0.29, 0.717) is 24.0 Å². The minimum absolute atomic E-state index is 0.140. The van der Waals surface area contributed by atoms with Crippen LogP contribution in [0.1, 0.15) is 52.0 Å². The van der Waals surface area contributed by atoms with Crippen molar-refractivity contribution in [1.82, 2.24) is 5.32 Å². The maximum Gasteiger partial charge on any atom is 0.338 e. The SMILES string of the molecule is N#CC1(NC(=O)COC(=O)c2ccc(C(=O)c3ccccc3)cc2)CCCC1. The highest BCUT2D eigenvalue weighted by atomic mass is 16.5. The van der Waals surface area contributed by atoms with E-state index in [0.717, 1.165) is 12.8 Å². The van der Waals surface area contributed by atoms with Crippen LogP contribution < -0.4 is 5.32 Å². The molecular formula is C22H20N2O4. The molecule has 1 aliphatic carbocycles. The summed E-state index contributed by atoms with van der Waals surface area (Å²) in [6.45, 7) is -0.451. The number of ketones is 1. The number of amides is 1. The molecule has 0 aromatic heterocycles. The molecule has 28 heavy (non-hydrogen) atoms. The minimum atomic E-state index is -0.844. The van der Waals surface area contributed by atoms with Gasteiger partial charge in [-0.1, -0.05) is 42.5 Å². The smallest absolute Gasteiger partial charge is 0.338 e. The van der Waals surface area contributed by atoms with Crippen molar-refractivity contribution in [2.45, 2.75) is 31.2 Å². The highest BCUT2D eigenvalue weighted by Gasteiger charge is 2.35. The molecule has 0 aliphatic heterocycles. The molecule has 0 atom stereocenters. The van der Waals surface area contributed by atoms with Crippen molar-refractivity contribution < 1.29 is 19.1 Å². The third-order valence-corrected chi connectivity index (χ3v) is 4.80. The van der Waals surface area contributed by atoms with Crippen LogP contribution in [0.3, 0.4) is 0 Å². The summed E-state index contributed by atoms with van der Waals surface area (Å²) in [5, 5.41) is 11.9. The number of carbonyl (C=O) groups excluding carboxylic acids is 3. The topological polar surface area (TPSA) is 96.3 Å². The highest BCUT2D eigenvalue weighted by molar-refractivity contribution is 6.09. The van der Waals surface area contributed by atoms with Crippen LogP contribution in [0.4, 0.5) is 0 Å². The lowest BCUT2D eigenvalue weighted by Crippen LogP contribution is -2.46. The van der Waals surface area contributed by atoms with Gasteiger partial charge in [0.15, 0.2) is 12.4 Å². The second-order valence-electron chi connectivity index (χ2n) is 6.80. The quantitative estimate of drug-likeness (QED) is 0.617. The van der Waals surface area contributed by atoms with Gasteiger partial charge in [-0.05, 0) is 37.8 Å². The number of nitrogens with zero attached hydrogens (tertiary/aromatic N) is 1. The van der Waals surface area contributed by atoms with Crippen LogP contribution in [0, 0.1) is 11.3 Å². The normalized spacial score (nSPS) is 14.7. The summed E-state index contributed by atoms with van der Waals surface area (Å²) < 4.78 is 5.03. The first-order chi connectivity index (χ1) is 13.5. The molecule has 0 heterocycles. The van der Waals surface area contributed by atoms with Gasteiger partial charge >= 0.3 is 5.97 Å². The molecule has 0 radical (unpaired) electrons. The lowest BCUT2D eigenvalue weighted by atomic mass is 10.00. The molecule has 2 aromatic rings. The zero-order valence-electron chi connectivity index (χ0n) is 15.3. The van der Waals surface area contributed by atoms with Crippen LogP contribution in [-0.2, 0) is 9.53 Å². The fourth-order valence-electron chi connectivity index (χ4n) is 3.27. The Labute approximate surface area is 163 Å². The summed E-state index contributed by atoms with van der Waals surface area (Å²) in [6.07, 6.45) is 3.00. The molecule has 142 valence electrons. The van der Waals surface area contributed by atoms with Crippen molar-refractivity contribution in [2.24, 2.45) is 0 Å². The Balaban J connectivity index is 1.55. The molecule has 6 nitrogen and oxygen atoms in total. The van der Waals surface area contributed by atoms with Crippen molar-refractivity contribution in [3.63, 3.8) is 0 Å². The number of hydrogen-bond acceptors (Lipinski definition) is 5. The Morgan fingerprint density at radius 2 is 1.50 bits per heavy atom. The zero-order chi connectivity index (χ0) is 20.0. The first-order valence-corrected chi connectivity index (χ1v) is 9.12. The molecule has 0 unspecified atom stereocenters. The summed E-state index contributed by atoms with van der Waals surface area (Å²) >= 11 is 0. The van der Waals surface area contributed by atoms with E-state index < -0.39 is 24.0 Å². The van der Waals surface area contributed by atoms with Gasteiger partial charge in [0.05, 0.1) is 11.6 Å². The Morgan fingerprint density at radius 3 is 2.11 bits per heavy atom. The highest BCUT2D eigenvalue weighted by Crippen LogP contribution is 2.28. The molecule has 1 fully saturated rings. The van der Waals surface area contributed by atoms with E-state index in [1.807, 2.05) is 6.07 Å². The fraction of sp³-hybridized carbons (Fsp3) is 0.273. The number of benzene rings is 2. The minimum Gasteiger partial charge on any atom is -0.452 e. The van der Waals surface area contributed by atoms with Gasteiger partial charge in [0, 0.05) is 11.1 Å². The molecule has 3 rings (SSSR count). The molecule has 0 bridgehead atoms. The van der Waals surface area contributed by atoms with Gasteiger partial charge in [0.2, 0.25) is 0 Å². The third kappa shape index (κ3) is 4.44. The number of nitriles is 1. The molecule has 1 saturated carbocycles. The maximum atomic E-state index is 12.4. The van der Waals surface area contributed by atoms with E-state index >= 15 is 0 Å². The largest absolute Gasteiger partial charge is 0.452 e. The van der Waals surface area contributed by atoms with E-state index in [9.17, 15) is 19.6 Å². The summed E-state index contributed by atoms with van der Waals surface area (Å²) in [5.74, 6) is -1.29. The summed E-state index contributed by atoms with van der Waals surface area (Å²) in [4.78, 5) is 36.5. The fourth-order valence-corrected chi connectivity index (χ4v) is 3.27. The average Bonchev–Trinajstić information content (AvgIpc) is 3.21. The van der Waals surface area contributed by atoms with Crippen LogP contribution in [-0.4, -0.2) is 29.8 Å². The van der Waals surface area contributed by atoms with Crippen molar-refractivity contribution >= 4 is 17.7 Å². The first-order valence-electron chi connectivity index (χ1n) is 9.12. The summed E-state index contributed by atoms with van der Waals surface area (Å²) in [6, 6.07) is 17.1. The van der Waals surface area contributed by atoms with Gasteiger partial charge in [-0.3, -0.25) is 9.59 Å². The molecule has 1 amide bonds. The maximum absolute atomic E-state index is 12.4. The third-order valence-electron chi connectivity index (χ3n) is 4.80. The number of carbonyl (C=O) groups is 3. The Hall–Kier alpha value is -3.46. The van der Waals surface area contributed by atoms with E-state index in [-0.39, 0.29) is 11.3 Å². The van der Waals surface area contributed by atoms with Crippen LogP contribution in [0.15, 0.2) is 54.6 Å². The molecule has 6 heteroatoms. The van der Waals surface area contributed by atoms with E-state index in [1.54, 1.807) is 36.4 Å². The zero-order valence-corrected chi connectivity index (χ0v) is 15.3. The van der Waals surface area contributed by atoms with Gasteiger partial charge in [0.25, 0.3) is 5.91 Å². The molecule has 2 aromatic carbocycles. The molecule has 0 saturated heterocycles. The van der Waals surface area contributed by atoms with E-state index in [1.165, 1.54) is 12.1 Å². The van der Waals surface area contributed by atoms with Crippen LogP contribution >= 0.6 is 0 Å². The van der Waals surface area contributed by atoms with Crippen molar-refractivity contribution in [1.29, 1.82) is 5.26 Å². The van der Waals surface area contributed by atoms with Gasteiger partial charge in [-0.25, -0.2) is 4.79 Å². The van der Waals surface area contributed by atoms with Gasteiger partial charge in [0.1, 0.15) is 5.54 Å². The van der Waals surface area contributed by atoms with Gasteiger partial charge in [-0.15, -0.1) is 0 Å².